The van der Waals surface area contributed by atoms with E-state index < -0.39 is 12.0 Å². The van der Waals surface area contributed by atoms with Crippen molar-refractivity contribution < 1.29 is 19.0 Å². The molecule has 0 aromatic heterocycles. The van der Waals surface area contributed by atoms with Gasteiger partial charge in [-0.05, 0) is 6.92 Å². The summed E-state index contributed by atoms with van der Waals surface area (Å²) < 4.78 is 14.7. The monoisotopic (exact) mass is 248 g/mol. The summed E-state index contributed by atoms with van der Waals surface area (Å²) in [5, 5.41) is 0. The number of nitrogens with zero attached hydrogens (tertiary/aromatic N) is 1. The lowest BCUT2D eigenvalue weighted by Crippen LogP contribution is -2.48. The van der Waals surface area contributed by atoms with E-state index in [1.807, 2.05) is 6.92 Å². The second-order valence-corrected chi connectivity index (χ2v) is 3.92. The molecular weight excluding hydrogens is 224 g/mol. The Hall–Kier alpha value is -0.690. The molecule has 0 saturated heterocycles. The van der Waals surface area contributed by atoms with Gasteiger partial charge in [0.1, 0.15) is 6.04 Å². The fourth-order valence-electron chi connectivity index (χ4n) is 1.53. The van der Waals surface area contributed by atoms with Gasteiger partial charge in [0.15, 0.2) is 0 Å². The summed E-state index contributed by atoms with van der Waals surface area (Å²) in [7, 11) is 4.62. The van der Waals surface area contributed by atoms with E-state index in [0.717, 1.165) is 0 Å². The Morgan fingerprint density at radius 1 is 1.29 bits per heavy atom. The van der Waals surface area contributed by atoms with Gasteiger partial charge in [0.25, 0.3) is 0 Å². The van der Waals surface area contributed by atoms with E-state index in [4.69, 9.17) is 15.2 Å². The van der Waals surface area contributed by atoms with Crippen molar-refractivity contribution in [2.45, 2.75) is 19.0 Å². The van der Waals surface area contributed by atoms with Gasteiger partial charge in [-0.3, -0.25) is 9.69 Å². The Bertz CT molecular complexity index is 214. The largest absolute Gasteiger partial charge is 0.468 e. The second-order valence-electron chi connectivity index (χ2n) is 3.92. The lowest BCUT2D eigenvalue weighted by Gasteiger charge is -2.29. The Balaban J connectivity index is 4.30. The van der Waals surface area contributed by atoms with Gasteiger partial charge in [0.05, 0.1) is 20.3 Å². The first kappa shape index (κ1) is 16.3. The van der Waals surface area contributed by atoms with Gasteiger partial charge in [-0.25, -0.2) is 0 Å². The van der Waals surface area contributed by atoms with Crippen molar-refractivity contribution in [2.75, 3.05) is 47.6 Å². The molecule has 2 unspecified atom stereocenters. The van der Waals surface area contributed by atoms with Crippen molar-refractivity contribution in [3.8, 4) is 0 Å². The third-order valence-corrected chi connectivity index (χ3v) is 2.55. The molecule has 0 amide bonds. The summed E-state index contributed by atoms with van der Waals surface area (Å²) in [5.74, 6) is -0.406. The molecule has 0 aliphatic carbocycles. The minimum atomic E-state index is -0.642. The van der Waals surface area contributed by atoms with E-state index in [9.17, 15) is 4.79 Å². The van der Waals surface area contributed by atoms with Crippen molar-refractivity contribution in [2.24, 2.45) is 5.73 Å². The van der Waals surface area contributed by atoms with Crippen molar-refractivity contribution in [1.82, 2.24) is 4.90 Å². The smallest absolute Gasteiger partial charge is 0.323 e. The number of esters is 1. The highest BCUT2D eigenvalue weighted by Gasteiger charge is 2.21. The first-order chi connectivity index (χ1) is 8.06. The third-order valence-electron chi connectivity index (χ3n) is 2.55. The van der Waals surface area contributed by atoms with Crippen molar-refractivity contribution in [1.29, 1.82) is 0 Å². The zero-order chi connectivity index (χ0) is 13.3. The molecule has 2 N–H and O–H groups in total. The van der Waals surface area contributed by atoms with Gasteiger partial charge in [-0.15, -0.1) is 0 Å². The third kappa shape index (κ3) is 6.58. The van der Waals surface area contributed by atoms with Crippen molar-refractivity contribution in [3.05, 3.63) is 0 Å². The van der Waals surface area contributed by atoms with Crippen LogP contribution in [0.5, 0.6) is 0 Å². The van der Waals surface area contributed by atoms with Gasteiger partial charge in [-0.2, -0.15) is 0 Å². The molecule has 0 fully saturated rings. The fraction of sp³-hybridized carbons (Fsp3) is 0.909. The van der Waals surface area contributed by atoms with Gasteiger partial charge >= 0.3 is 5.97 Å². The maximum absolute atomic E-state index is 11.3. The molecule has 0 rings (SSSR count). The van der Waals surface area contributed by atoms with Crippen molar-refractivity contribution >= 4 is 5.97 Å². The summed E-state index contributed by atoms with van der Waals surface area (Å²) >= 11 is 0. The van der Waals surface area contributed by atoms with Gasteiger partial charge < -0.3 is 19.9 Å². The quantitative estimate of drug-likeness (QED) is 0.553. The van der Waals surface area contributed by atoms with Crippen LogP contribution in [-0.4, -0.2) is 70.6 Å². The minimum absolute atomic E-state index is 0.172. The van der Waals surface area contributed by atoms with Crippen LogP contribution < -0.4 is 5.73 Å². The number of nitrogens with two attached hydrogens (primary N) is 1. The Kier molecular flexibility index (Phi) is 8.97. The van der Waals surface area contributed by atoms with Crippen molar-refractivity contribution in [3.63, 3.8) is 0 Å². The molecule has 6 heteroatoms. The van der Waals surface area contributed by atoms with E-state index in [2.05, 4.69) is 9.64 Å². The number of carbonyl (C=O) groups is 1. The van der Waals surface area contributed by atoms with Gasteiger partial charge in [0, 0.05) is 33.4 Å². The molecule has 0 bridgehead atoms. The number of carbonyl (C=O) groups excluding carboxylic acids is 1. The highest BCUT2D eigenvalue weighted by molar-refractivity contribution is 5.75. The molecule has 0 radical (unpaired) electrons. The topological polar surface area (TPSA) is 74.0 Å². The molecule has 102 valence electrons. The SMILES string of the molecule is COCCN(CC(N)C(=O)OC)C(C)COC. The van der Waals surface area contributed by atoms with E-state index in [-0.39, 0.29) is 6.04 Å². The lowest BCUT2D eigenvalue weighted by atomic mass is 10.2. The number of rotatable bonds is 9. The Morgan fingerprint density at radius 2 is 1.94 bits per heavy atom. The van der Waals surface area contributed by atoms with Crippen LogP contribution in [0.4, 0.5) is 0 Å². The van der Waals surface area contributed by atoms with Crippen LogP contribution in [0.1, 0.15) is 6.92 Å². The predicted octanol–water partition coefficient (Wildman–Crippen LogP) is -0.530. The highest BCUT2D eigenvalue weighted by Crippen LogP contribution is 2.01. The molecule has 2 atom stereocenters. The molecule has 0 aromatic carbocycles. The van der Waals surface area contributed by atoms with Crippen LogP contribution in [0, 0.1) is 0 Å². The molecule has 6 nitrogen and oxygen atoms in total. The maximum Gasteiger partial charge on any atom is 0.323 e. The van der Waals surface area contributed by atoms with Crippen LogP contribution >= 0.6 is 0 Å². The summed E-state index contributed by atoms with van der Waals surface area (Å²) in [4.78, 5) is 13.3. The first-order valence-electron chi connectivity index (χ1n) is 5.62. The highest BCUT2D eigenvalue weighted by atomic mass is 16.5. The zero-order valence-electron chi connectivity index (χ0n) is 11.1. The summed E-state index contributed by atoms with van der Waals surface area (Å²) in [6, 6.07) is -0.470. The van der Waals surface area contributed by atoms with Gasteiger partial charge in [0.2, 0.25) is 0 Å². The van der Waals surface area contributed by atoms with E-state index in [0.29, 0.717) is 26.3 Å². The normalized spacial score (nSPS) is 14.7. The first-order valence-corrected chi connectivity index (χ1v) is 5.62. The van der Waals surface area contributed by atoms with Crippen LogP contribution in [0.15, 0.2) is 0 Å². The van der Waals surface area contributed by atoms with Crippen LogP contribution in [-0.2, 0) is 19.0 Å². The molecule has 0 aliphatic heterocycles. The lowest BCUT2D eigenvalue weighted by molar-refractivity contribution is -0.142. The zero-order valence-corrected chi connectivity index (χ0v) is 11.1. The number of methoxy groups -OCH3 is 3. The maximum atomic E-state index is 11.3. The molecule has 0 spiro atoms. The summed E-state index contributed by atoms with van der Waals surface area (Å²) in [6.45, 7) is 4.31. The molecule has 0 aliphatic rings. The Labute approximate surface area is 103 Å². The minimum Gasteiger partial charge on any atom is -0.468 e. The average molecular weight is 248 g/mol. The van der Waals surface area contributed by atoms with Crippen LogP contribution in [0.3, 0.4) is 0 Å². The molecule has 0 saturated carbocycles. The van der Waals surface area contributed by atoms with E-state index in [1.54, 1.807) is 14.2 Å². The molecular formula is C11H24N2O4. The molecule has 17 heavy (non-hydrogen) atoms. The number of ether oxygens (including phenoxy) is 3. The average Bonchev–Trinajstić information content (AvgIpc) is 2.33. The predicted molar refractivity (Wildman–Crippen MR) is 64.8 cm³/mol. The molecule has 0 heterocycles. The Morgan fingerprint density at radius 3 is 2.41 bits per heavy atom. The van der Waals surface area contributed by atoms with Crippen LogP contribution in [0.2, 0.25) is 0 Å². The molecule has 0 aromatic rings. The van der Waals surface area contributed by atoms with Gasteiger partial charge in [-0.1, -0.05) is 0 Å². The number of hydrogen-bond acceptors (Lipinski definition) is 6. The van der Waals surface area contributed by atoms with Crippen LogP contribution in [0.25, 0.3) is 0 Å². The van der Waals surface area contributed by atoms with E-state index >= 15 is 0 Å². The summed E-state index contributed by atoms with van der Waals surface area (Å²) in [5.41, 5.74) is 5.74. The summed E-state index contributed by atoms with van der Waals surface area (Å²) in [6.07, 6.45) is 0. The van der Waals surface area contributed by atoms with E-state index in [1.165, 1.54) is 7.11 Å². The number of hydrogen-bond donors (Lipinski definition) is 1. The fourth-order valence-corrected chi connectivity index (χ4v) is 1.53. The standard InChI is InChI=1S/C11H24N2O4/c1-9(8-16-3)13(5-6-15-2)7-10(12)11(14)17-4/h9-10H,5-8,12H2,1-4H3. The second kappa shape index (κ2) is 9.35.